The molecule has 2 nitrogen and oxygen atoms in total. The van der Waals surface area contributed by atoms with Crippen molar-refractivity contribution in [3.63, 3.8) is 0 Å². The average molecular weight is 264 g/mol. The van der Waals surface area contributed by atoms with Crippen molar-refractivity contribution in [1.29, 1.82) is 0 Å². The largest absolute Gasteiger partial charge is 0.314 e. The van der Waals surface area contributed by atoms with Crippen LogP contribution in [0.5, 0.6) is 0 Å². The summed E-state index contributed by atoms with van der Waals surface area (Å²) in [4.78, 5) is 2.64. The van der Waals surface area contributed by atoms with Crippen molar-refractivity contribution in [1.82, 2.24) is 10.2 Å². The Balaban J connectivity index is 1.90. The lowest BCUT2D eigenvalue weighted by molar-refractivity contribution is 0.163. The highest BCUT2D eigenvalue weighted by molar-refractivity contribution is 7.99. The molecule has 1 aromatic carbocycles. The van der Waals surface area contributed by atoms with Crippen LogP contribution in [-0.4, -0.2) is 42.6 Å². The van der Waals surface area contributed by atoms with Gasteiger partial charge in [-0.3, -0.25) is 4.90 Å². The molecule has 18 heavy (non-hydrogen) atoms. The molecule has 1 saturated heterocycles. The van der Waals surface area contributed by atoms with Crippen LogP contribution in [0.1, 0.15) is 24.9 Å². The van der Waals surface area contributed by atoms with E-state index in [1.807, 2.05) is 0 Å². The van der Waals surface area contributed by atoms with Gasteiger partial charge in [0, 0.05) is 25.7 Å². The van der Waals surface area contributed by atoms with Crippen LogP contribution in [0.25, 0.3) is 0 Å². The first kappa shape index (κ1) is 13.9. The van der Waals surface area contributed by atoms with Gasteiger partial charge in [0.15, 0.2) is 0 Å². The van der Waals surface area contributed by atoms with Gasteiger partial charge in [-0.2, -0.15) is 11.8 Å². The number of hydrogen-bond donors (Lipinski definition) is 1. The molecule has 0 aromatic heterocycles. The number of hydrogen-bond acceptors (Lipinski definition) is 3. The van der Waals surface area contributed by atoms with Gasteiger partial charge in [-0.05, 0) is 30.0 Å². The van der Waals surface area contributed by atoms with Crippen LogP contribution < -0.4 is 5.32 Å². The van der Waals surface area contributed by atoms with E-state index in [1.54, 1.807) is 0 Å². The van der Waals surface area contributed by atoms with Gasteiger partial charge in [0.05, 0.1) is 0 Å². The Bertz CT molecular complexity index is 329. The molecule has 1 aliphatic rings. The first-order chi connectivity index (χ1) is 8.92. The van der Waals surface area contributed by atoms with Crippen molar-refractivity contribution in [2.75, 3.05) is 37.7 Å². The Hall–Kier alpha value is -0.510. The molecule has 0 amide bonds. The molecule has 100 valence electrons. The predicted molar refractivity (Wildman–Crippen MR) is 81.2 cm³/mol. The van der Waals surface area contributed by atoms with Crippen LogP contribution in [0.4, 0.5) is 0 Å². The standard InChI is InChI=1S/C15H24N2S/c1-2-18-12-6-10-17-11-9-16-13-15(17)14-7-4-3-5-8-14/h3-5,7-8,15-16H,2,6,9-13H2,1H3. The van der Waals surface area contributed by atoms with E-state index < -0.39 is 0 Å². The molecule has 1 aliphatic heterocycles. The molecule has 0 aliphatic carbocycles. The van der Waals surface area contributed by atoms with Gasteiger partial charge in [-0.25, -0.2) is 0 Å². The van der Waals surface area contributed by atoms with E-state index in [4.69, 9.17) is 0 Å². The molecule has 1 N–H and O–H groups in total. The Kier molecular flexibility index (Phi) is 6.05. The van der Waals surface area contributed by atoms with Crippen molar-refractivity contribution < 1.29 is 0 Å². The third kappa shape index (κ3) is 4.01. The average Bonchev–Trinajstić information content (AvgIpc) is 2.45. The van der Waals surface area contributed by atoms with Crippen LogP contribution in [0.3, 0.4) is 0 Å². The van der Waals surface area contributed by atoms with E-state index >= 15 is 0 Å². The molecule has 2 rings (SSSR count). The van der Waals surface area contributed by atoms with E-state index in [2.05, 4.69) is 59.2 Å². The monoisotopic (exact) mass is 264 g/mol. The van der Waals surface area contributed by atoms with E-state index in [1.165, 1.54) is 36.6 Å². The van der Waals surface area contributed by atoms with Crippen LogP contribution in [0.2, 0.25) is 0 Å². The summed E-state index contributed by atoms with van der Waals surface area (Å²) in [5.41, 5.74) is 1.45. The maximum atomic E-state index is 3.52. The molecule has 0 spiro atoms. The Labute approximate surface area is 115 Å². The third-order valence-electron chi connectivity index (χ3n) is 3.48. The van der Waals surface area contributed by atoms with Crippen molar-refractivity contribution >= 4 is 11.8 Å². The zero-order valence-electron chi connectivity index (χ0n) is 11.3. The third-order valence-corrected chi connectivity index (χ3v) is 4.46. The smallest absolute Gasteiger partial charge is 0.0473 e. The molecule has 1 aromatic rings. The molecule has 1 atom stereocenters. The van der Waals surface area contributed by atoms with E-state index in [9.17, 15) is 0 Å². The maximum Gasteiger partial charge on any atom is 0.0473 e. The highest BCUT2D eigenvalue weighted by Crippen LogP contribution is 2.22. The predicted octanol–water partition coefficient (Wildman–Crippen LogP) is 2.78. The number of benzene rings is 1. The molecule has 0 radical (unpaired) electrons. The minimum Gasteiger partial charge on any atom is -0.314 e. The van der Waals surface area contributed by atoms with Crippen molar-refractivity contribution in [3.05, 3.63) is 35.9 Å². The number of piperazine rings is 1. The van der Waals surface area contributed by atoms with Crippen LogP contribution in [0, 0.1) is 0 Å². The zero-order valence-corrected chi connectivity index (χ0v) is 12.1. The van der Waals surface area contributed by atoms with Crippen LogP contribution >= 0.6 is 11.8 Å². The minimum atomic E-state index is 0.562. The first-order valence-electron chi connectivity index (χ1n) is 6.99. The molecular formula is C15H24N2S. The normalized spacial score (nSPS) is 21.1. The molecule has 1 fully saturated rings. The lowest BCUT2D eigenvalue weighted by Gasteiger charge is -2.36. The second-order valence-corrected chi connectivity index (χ2v) is 6.11. The SMILES string of the molecule is CCSCCCN1CCNCC1c1ccccc1. The molecular weight excluding hydrogens is 240 g/mol. The van der Waals surface area contributed by atoms with Gasteiger partial charge in [0.25, 0.3) is 0 Å². The molecule has 1 unspecified atom stereocenters. The summed E-state index contributed by atoms with van der Waals surface area (Å²) in [5, 5.41) is 3.52. The van der Waals surface area contributed by atoms with Gasteiger partial charge >= 0.3 is 0 Å². The fourth-order valence-electron chi connectivity index (χ4n) is 2.53. The summed E-state index contributed by atoms with van der Waals surface area (Å²) >= 11 is 2.05. The highest BCUT2D eigenvalue weighted by Gasteiger charge is 2.22. The zero-order chi connectivity index (χ0) is 12.6. The van der Waals surface area contributed by atoms with Gasteiger partial charge in [-0.15, -0.1) is 0 Å². The topological polar surface area (TPSA) is 15.3 Å². The molecule has 3 heteroatoms. The number of nitrogens with zero attached hydrogens (tertiary/aromatic N) is 1. The maximum absolute atomic E-state index is 3.52. The summed E-state index contributed by atoms with van der Waals surface area (Å²) in [6.07, 6.45) is 1.31. The second kappa shape index (κ2) is 7.82. The Morgan fingerprint density at radius 2 is 2.17 bits per heavy atom. The lowest BCUT2D eigenvalue weighted by Crippen LogP contribution is -2.46. The minimum absolute atomic E-state index is 0.562. The van der Waals surface area contributed by atoms with E-state index in [-0.39, 0.29) is 0 Å². The van der Waals surface area contributed by atoms with Gasteiger partial charge in [0.1, 0.15) is 0 Å². The summed E-state index contributed by atoms with van der Waals surface area (Å²) in [7, 11) is 0. The van der Waals surface area contributed by atoms with Gasteiger partial charge in [0.2, 0.25) is 0 Å². The quantitative estimate of drug-likeness (QED) is 0.795. The summed E-state index contributed by atoms with van der Waals surface area (Å²) in [6.45, 7) is 6.86. The summed E-state index contributed by atoms with van der Waals surface area (Å²) in [6, 6.07) is 11.5. The first-order valence-corrected chi connectivity index (χ1v) is 8.14. The molecule has 0 saturated carbocycles. The summed E-state index contributed by atoms with van der Waals surface area (Å²) in [5.74, 6) is 2.53. The fourth-order valence-corrected chi connectivity index (χ4v) is 3.15. The van der Waals surface area contributed by atoms with Crippen LogP contribution in [0.15, 0.2) is 30.3 Å². The van der Waals surface area contributed by atoms with Crippen molar-refractivity contribution in [3.8, 4) is 0 Å². The van der Waals surface area contributed by atoms with Crippen LogP contribution in [-0.2, 0) is 0 Å². The summed E-state index contributed by atoms with van der Waals surface area (Å²) < 4.78 is 0. The highest BCUT2D eigenvalue weighted by atomic mass is 32.2. The van der Waals surface area contributed by atoms with E-state index in [0.29, 0.717) is 6.04 Å². The number of nitrogens with one attached hydrogen (secondary N) is 1. The Morgan fingerprint density at radius 3 is 2.94 bits per heavy atom. The van der Waals surface area contributed by atoms with Gasteiger partial charge in [-0.1, -0.05) is 37.3 Å². The Morgan fingerprint density at radius 1 is 1.33 bits per heavy atom. The molecule has 1 heterocycles. The van der Waals surface area contributed by atoms with Gasteiger partial charge < -0.3 is 5.32 Å². The second-order valence-electron chi connectivity index (χ2n) is 4.72. The fraction of sp³-hybridized carbons (Fsp3) is 0.600. The van der Waals surface area contributed by atoms with Crippen molar-refractivity contribution in [2.24, 2.45) is 0 Å². The lowest BCUT2D eigenvalue weighted by atomic mass is 10.0. The molecule has 0 bridgehead atoms. The number of thioether (sulfide) groups is 1. The number of rotatable bonds is 6. The van der Waals surface area contributed by atoms with Crippen molar-refractivity contribution in [2.45, 2.75) is 19.4 Å². The van der Waals surface area contributed by atoms with E-state index in [0.717, 1.165) is 13.1 Å².